The van der Waals surface area contributed by atoms with Crippen LogP contribution >= 0.6 is 0 Å². The Balaban J connectivity index is 2.15. The highest BCUT2D eigenvalue weighted by Crippen LogP contribution is 2.40. The summed E-state index contributed by atoms with van der Waals surface area (Å²) >= 11 is 0. The van der Waals surface area contributed by atoms with Crippen molar-refractivity contribution in [1.82, 2.24) is 5.32 Å². The van der Waals surface area contributed by atoms with Gasteiger partial charge in [-0.3, -0.25) is 0 Å². The van der Waals surface area contributed by atoms with Gasteiger partial charge in [0.1, 0.15) is 6.04 Å². The molecule has 0 aliphatic heterocycles. The smallest absolute Gasteiger partial charge is 0.302 e. The van der Waals surface area contributed by atoms with Gasteiger partial charge in [-0.05, 0) is 53.3 Å². The Hall–Kier alpha value is -1.55. The molecule has 0 saturated heterocycles. The van der Waals surface area contributed by atoms with Gasteiger partial charge in [0.25, 0.3) is 0 Å². The second kappa shape index (κ2) is 5.34. The SMILES string of the molecule is CCCNC(c1ccc2c3c(cccc13)CC2)C(F)(F)F. The van der Waals surface area contributed by atoms with Crippen LogP contribution in [0.4, 0.5) is 13.2 Å². The molecule has 0 fully saturated rings. The molecule has 1 nitrogen and oxygen atoms in total. The summed E-state index contributed by atoms with van der Waals surface area (Å²) in [5, 5.41) is 4.43. The second-order valence-corrected chi connectivity index (χ2v) is 5.58. The number of alkyl halides is 3. The lowest BCUT2D eigenvalue weighted by Crippen LogP contribution is -2.34. The largest absolute Gasteiger partial charge is 0.407 e. The van der Waals surface area contributed by atoms with Gasteiger partial charge in [0.15, 0.2) is 0 Å². The van der Waals surface area contributed by atoms with Crippen molar-refractivity contribution in [3.05, 3.63) is 47.0 Å². The van der Waals surface area contributed by atoms with Gasteiger partial charge in [0, 0.05) is 0 Å². The predicted molar refractivity (Wildman–Crippen MR) is 78.4 cm³/mol. The Labute approximate surface area is 122 Å². The van der Waals surface area contributed by atoms with Crippen LogP contribution in [0.2, 0.25) is 0 Å². The normalized spacial score (nSPS) is 15.6. The maximum atomic E-state index is 13.4. The minimum atomic E-state index is -4.28. The molecule has 0 spiro atoms. The summed E-state index contributed by atoms with van der Waals surface area (Å²) in [6.45, 7) is 2.22. The standard InChI is InChI=1S/C17H18F3N/c1-2-10-21-16(17(18,19)20)14-9-8-12-7-6-11-4-3-5-13(14)15(11)12/h3-5,8-9,16,21H,2,6-7,10H2,1H3. The topological polar surface area (TPSA) is 12.0 Å². The third kappa shape index (κ3) is 2.53. The molecule has 4 heteroatoms. The molecule has 112 valence electrons. The van der Waals surface area contributed by atoms with Crippen LogP contribution in [0.5, 0.6) is 0 Å². The van der Waals surface area contributed by atoms with Crippen LogP contribution in [0.3, 0.4) is 0 Å². The van der Waals surface area contributed by atoms with Crippen LogP contribution in [0.25, 0.3) is 10.8 Å². The molecule has 1 unspecified atom stereocenters. The third-order valence-electron chi connectivity index (χ3n) is 4.15. The van der Waals surface area contributed by atoms with E-state index in [9.17, 15) is 13.2 Å². The number of hydrogen-bond donors (Lipinski definition) is 1. The maximum absolute atomic E-state index is 13.4. The fraction of sp³-hybridized carbons (Fsp3) is 0.412. The minimum absolute atomic E-state index is 0.346. The van der Waals surface area contributed by atoms with Crippen molar-refractivity contribution in [3.63, 3.8) is 0 Å². The zero-order chi connectivity index (χ0) is 15.0. The summed E-state index contributed by atoms with van der Waals surface area (Å²) in [6, 6.07) is 7.61. The van der Waals surface area contributed by atoms with Crippen molar-refractivity contribution in [2.75, 3.05) is 6.54 Å². The lowest BCUT2D eigenvalue weighted by Gasteiger charge is -2.23. The molecular formula is C17H18F3N. The Kier molecular flexibility index (Phi) is 3.66. The molecule has 0 amide bonds. The van der Waals surface area contributed by atoms with E-state index in [-0.39, 0.29) is 0 Å². The quantitative estimate of drug-likeness (QED) is 0.872. The lowest BCUT2D eigenvalue weighted by molar-refractivity contribution is -0.157. The first kappa shape index (κ1) is 14.4. The Morgan fingerprint density at radius 3 is 2.48 bits per heavy atom. The van der Waals surface area contributed by atoms with Gasteiger partial charge < -0.3 is 5.32 Å². The number of rotatable bonds is 4. The van der Waals surface area contributed by atoms with E-state index in [1.54, 1.807) is 6.07 Å². The summed E-state index contributed by atoms with van der Waals surface area (Å²) in [6.07, 6.45) is -1.76. The van der Waals surface area contributed by atoms with Crippen molar-refractivity contribution in [2.45, 2.75) is 38.4 Å². The Morgan fingerprint density at radius 1 is 1.10 bits per heavy atom. The highest BCUT2D eigenvalue weighted by atomic mass is 19.4. The van der Waals surface area contributed by atoms with Crippen molar-refractivity contribution in [1.29, 1.82) is 0 Å². The first-order valence-electron chi connectivity index (χ1n) is 7.36. The molecule has 2 aromatic rings. The van der Waals surface area contributed by atoms with Gasteiger partial charge in [0.2, 0.25) is 0 Å². The van der Waals surface area contributed by atoms with Crippen LogP contribution in [0.15, 0.2) is 30.3 Å². The molecule has 3 rings (SSSR count). The highest BCUT2D eigenvalue weighted by molar-refractivity contribution is 5.93. The molecule has 0 heterocycles. The number of aryl methyl sites for hydroxylation is 2. The van der Waals surface area contributed by atoms with Gasteiger partial charge in [0.05, 0.1) is 0 Å². The summed E-state index contributed by atoms with van der Waals surface area (Å²) in [7, 11) is 0. The molecule has 0 aromatic heterocycles. The highest BCUT2D eigenvalue weighted by Gasteiger charge is 2.41. The van der Waals surface area contributed by atoms with Crippen molar-refractivity contribution < 1.29 is 13.2 Å². The van der Waals surface area contributed by atoms with Crippen molar-refractivity contribution in [2.24, 2.45) is 0 Å². The minimum Gasteiger partial charge on any atom is -0.302 e. The summed E-state index contributed by atoms with van der Waals surface area (Å²) < 4.78 is 40.2. The van der Waals surface area contributed by atoms with E-state index in [4.69, 9.17) is 0 Å². The summed E-state index contributed by atoms with van der Waals surface area (Å²) in [4.78, 5) is 0. The zero-order valence-corrected chi connectivity index (χ0v) is 11.9. The van der Waals surface area contributed by atoms with Gasteiger partial charge in [-0.1, -0.05) is 37.3 Å². The molecule has 1 atom stereocenters. The second-order valence-electron chi connectivity index (χ2n) is 5.58. The van der Waals surface area contributed by atoms with Crippen LogP contribution in [0.1, 0.15) is 36.1 Å². The predicted octanol–water partition coefficient (Wildman–Crippen LogP) is 4.54. The van der Waals surface area contributed by atoms with Gasteiger partial charge in [-0.25, -0.2) is 0 Å². The van der Waals surface area contributed by atoms with Crippen LogP contribution in [-0.4, -0.2) is 12.7 Å². The van der Waals surface area contributed by atoms with E-state index in [2.05, 4.69) is 5.32 Å². The average Bonchev–Trinajstić information content (AvgIpc) is 2.85. The van der Waals surface area contributed by atoms with Crippen molar-refractivity contribution in [3.8, 4) is 0 Å². The fourth-order valence-corrected chi connectivity index (χ4v) is 3.21. The number of benzene rings is 2. The van der Waals surface area contributed by atoms with Gasteiger partial charge in [-0.15, -0.1) is 0 Å². The molecule has 1 aliphatic rings. The lowest BCUT2D eigenvalue weighted by atomic mass is 9.95. The first-order chi connectivity index (χ1) is 10.0. The van der Waals surface area contributed by atoms with Gasteiger partial charge in [-0.2, -0.15) is 13.2 Å². The Morgan fingerprint density at radius 2 is 1.81 bits per heavy atom. The zero-order valence-electron chi connectivity index (χ0n) is 11.9. The van der Waals surface area contributed by atoms with Crippen LogP contribution < -0.4 is 5.32 Å². The molecule has 21 heavy (non-hydrogen) atoms. The molecular weight excluding hydrogens is 275 g/mol. The van der Waals surface area contributed by atoms with Crippen LogP contribution in [-0.2, 0) is 12.8 Å². The van der Waals surface area contributed by atoms with E-state index in [1.165, 1.54) is 11.1 Å². The Bertz CT molecular complexity index is 651. The fourth-order valence-electron chi connectivity index (χ4n) is 3.21. The first-order valence-corrected chi connectivity index (χ1v) is 7.36. The molecule has 2 aromatic carbocycles. The molecule has 0 radical (unpaired) electrons. The maximum Gasteiger partial charge on any atom is 0.407 e. The van der Waals surface area contributed by atoms with E-state index >= 15 is 0 Å². The summed E-state index contributed by atoms with van der Waals surface area (Å²) in [5.74, 6) is 0. The van der Waals surface area contributed by atoms with Crippen molar-refractivity contribution >= 4 is 10.8 Å². The summed E-state index contributed by atoms with van der Waals surface area (Å²) in [5.41, 5.74) is 2.68. The third-order valence-corrected chi connectivity index (χ3v) is 4.15. The molecule has 1 N–H and O–H groups in total. The number of nitrogens with one attached hydrogen (secondary N) is 1. The van der Waals surface area contributed by atoms with Crippen LogP contribution in [0, 0.1) is 0 Å². The van der Waals surface area contributed by atoms with Gasteiger partial charge >= 0.3 is 6.18 Å². The average molecular weight is 293 g/mol. The molecule has 0 saturated carbocycles. The molecule has 0 bridgehead atoms. The van der Waals surface area contributed by atoms with E-state index in [1.807, 2.05) is 31.2 Å². The van der Waals surface area contributed by atoms with E-state index in [0.717, 1.165) is 23.6 Å². The molecule has 1 aliphatic carbocycles. The van der Waals surface area contributed by atoms with E-state index in [0.29, 0.717) is 18.5 Å². The van der Waals surface area contributed by atoms with E-state index < -0.39 is 12.2 Å². The monoisotopic (exact) mass is 293 g/mol. The number of hydrogen-bond acceptors (Lipinski definition) is 1. The number of halogens is 3.